The van der Waals surface area contributed by atoms with Crippen LogP contribution in [-0.4, -0.2) is 47.2 Å². The lowest BCUT2D eigenvalue weighted by molar-refractivity contribution is -0.00711. The van der Waals surface area contributed by atoms with E-state index in [1.807, 2.05) is 6.92 Å². The summed E-state index contributed by atoms with van der Waals surface area (Å²) < 4.78 is 12.8. The van der Waals surface area contributed by atoms with Gasteiger partial charge in [0.05, 0.1) is 6.10 Å². The van der Waals surface area contributed by atoms with Gasteiger partial charge in [0, 0.05) is 30.7 Å². The summed E-state index contributed by atoms with van der Waals surface area (Å²) in [4.78, 5) is 14.1. The number of benzene rings is 1. The highest BCUT2D eigenvalue weighted by molar-refractivity contribution is 5.94. The summed E-state index contributed by atoms with van der Waals surface area (Å²) in [6, 6.07) is 6.02. The van der Waals surface area contributed by atoms with Crippen molar-refractivity contribution in [3.8, 4) is 0 Å². The Morgan fingerprint density at radius 3 is 2.67 bits per heavy atom. The van der Waals surface area contributed by atoms with Crippen LogP contribution in [0, 0.1) is 5.82 Å². The average Bonchev–Trinajstić information content (AvgIpc) is 2.47. The van der Waals surface area contributed by atoms with E-state index in [1.165, 1.54) is 24.3 Å². The van der Waals surface area contributed by atoms with Crippen molar-refractivity contribution in [2.24, 2.45) is 0 Å². The number of carbonyl (C=O) groups is 1. The molecule has 0 saturated carbocycles. The molecule has 1 aromatic rings. The van der Waals surface area contributed by atoms with Crippen LogP contribution in [0.3, 0.4) is 0 Å². The van der Waals surface area contributed by atoms with E-state index in [-0.39, 0.29) is 23.9 Å². The van der Waals surface area contributed by atoms with Crippen molar-refractivity contribution in [3.63, 3.8) is 0 Å². The first-order valence-corrected chi connectivity index (χ1v) is 7.46. The zero-order valence-electron chi connectivity index (χ0n) is 12.6. The van der Waals surface area contributed by atoms with Crippen LogP contribution in [0.5, 0.6) is 0 Å². The fourth-order valence-electron chi connectivity index (χ4n) is 2.87. The zero-order chi connectivity index (χ0) is 15.4. The van der Waals surface area contributed by atoms with E-state index in [4.69, 9.17) is 0 Å². The Balaban J connectivity index is 1.83. The van der Waals surface area contributed by atoms with Gasteiger partial charge in [0.2, 0.25) is 0 Å². The summed E-state index contributed by atoms with van der Waals surface area (Å²) in [5.41, 5.74) is 0.455. The Bertz CT molecular complexity index is 478. The van der Waals surface area contributed by atoms with Gasteiger partial charge < -0.3 is 10.4 Å². The lowest BCUT2D eigenvalue weighted by atomic mass is 9.95. The minimum absolute atomic E-state index is 0.108. The monoisotopic (exact) mass is 294 g/mol. The van der Waals surface area contributed by atoms with Gasteiger partial charge in [-0.1, -0.05) is 0 Å². The number of aliphatic hydroxyl groups is 1. The number of rotatable bonds is 4. The fourth-order valence-corrected chi connectivity index (χ4v) is 2.87. The molecule has 0 radical (unpaired) electrons. The molecule has 0 aromatic heterocycles. The second-order valence-corrected chi connectivity index (χ2v) is 5.73. The van der Waals surface area contributed by atoms with Gasteiger partial charge in [-0.3, -0.25) is 9.69 Å². The minimum Gasteiger partial charge on any atom is -0.392 e. The Hall–Kier alpha value is -1.46. The van der Waals surface area contributed by atoms with Gasteiger partial charge in [0.25, 0.3) is 5.91 Å². The topological polar surface area (TPSA) is 52.6 Å². The average molecular weight is 294 g/mol. The van der Waals surface area contributed by atoms with Gasteiger partial charge in [-0.05, 0) is 51.0 Å². The largest absolute Gasteiger partial charge is 0.392 e. The maximum absolute atomic E-state index is 12.8. The third-order valence-electron chi connectivity index (χ3n) is 4.29. The van der Waals surface area contributed by atoms with Gasteiger partial charge in [0.1, 0.15) is 5.82 Å². The number of likely N-dealkylation sites (tertiary alicyclic amines) is 1. The molecule has 0 aliphatic carbocycles. The van der Waals surface area contributed by atoms with Crippen LogP contribution in [0.2, 0.25) is 0 Å². The van der Waals surface area contributed by atoms with Crippen molar-refractivity contribution in [2.45, 2.75) is 44.9 Å². The summed E-state index contributed by atoms with van der Waals surface area (Å²) in [6.07, 6.45) is 1.51. The van der Waals surface area contributed by atoms with Crippen molar-refractivity contribution in [1.82, 2.24) is 10.2 Å². The summed E-state index contributed by atoms with van der Waals surface area (Å²) in [5, 5.41) is 12.8. The number of amides is 1. The van der Waals surface area contributed by atoms with Crippen LogP contribution in [-0.2, 0) is 0 Å². The van der Waals surface area contributed by atoms with Crippen LogP contribution >= 0.6 is 0 Å². The lowest BCUT2D eigenvalue weighted by Crippen LogP contribution is -2.53. The molecule has 1 aliphatic heterocycles. The van der Waals surface area contributed by atoms with Gasteiger partial charge in [-0.2, -0.15) is 0 Å². The zero-order valence-corrected chi connectivity index (χ0v) is 12.6. The predicted octanol–water partition coefficient (Wildman–Crippen LogP) is 1.79. The van der Waals surface area contributed by atoms with Crippen LogP contribution in [0.25, 0.3) is 0 Å². The molecule has 2 rings (SSSR count). The number of aliphatic hydroxyl groups excluding tert-OH is 1. The van der Waals surface area contributed by atoms with E-state index in [2.05, 4.69) is 17.1 Å². The number of nitrogens with one attached hydrogen (secondary N) is 1. The predicted molar refractivity (Wildman–Crippen MR) is 79.6 cm³/mol. The highest BCUT2D eigenvalue weighted by atomic mass is 19.1. The summed E-state index contributed by atoms with van der Waals surface area (Å²) >= 11 is 0. The highest BCUT2D eigenvalue weighted by Crippen LogP contribution is 2.22. The summed E-state index contributed by atoms with van der Waals surface area (Å²) in [7, 11) is 0. The first kappa shape index (κ1) is 15.9. The summed E-state index contributed by atoms with van der Waals surface area (Å²) in [5.74, 6) is -0.552. The van der Waals surface area contributed by atoms with E-state index in [0.717, 1.165) is 12.8 Å². The fraction of sp³-hybridized carbons (Fsp3) is 0.562. The molecule has 5 heteroatoms. The summed E-state index contributed by atoms with van der Waals surface area (Å²) in [6.45, 7) is 5.37. The molecule has 0 unspecified atom stereocenters. The van der Waals surface area contributed by atoms with Crippen LogP contribution in [0.1, 0.15) is 37.0 Å². The number of piperidine rings is 1. The van der Waals surface area contributed by atoms with Gasteiger partial charge in [0.15, 0.2) is 0 Å². The van der Waals surface area contributed by atoms with Crippen molar-refractivity contribution in [3.05, 3.63) is 35.6 Å². The van der Waals surface area contributed by atoms with E-state index in [0.29, 0.717) is 24.7 Å². The molecule has 21 heavy (non-hydrogen) atoms. The highest BCUT2D eigenvalue weighted by Gasteiger charge is 2.30. The van der Waals surface area contributed by atoms with Crippen molar-refractivity contribution in [1.29, 1.82) is 0 Å². The third-order valence-corrected chi connectivity index (χ3v) is 4.29. The van der Waals surface area contributed by atoms with Gasteiger partial charge in [-0.25, -0.2) is 4.39 Å². The molecule has 1 aromatic carbocycles. The maximum Gasteiger partial charge on any atom is 0.251 e. The number of nitrogens with zero attached hydrogens (tertiary/aromatic N) is 1. The van der Waals surface area contributed by atoms with E-state index < -0.39 is 0 Å². The molecule has 1 amide bonds. The molecule has 1 fully saturated rings. The molecule has 1 heterocycles. The van der Waals surface area contributed by atoms with Crippen LogP contribution < -0.4 is 5.32 Å². The maximum atomic E-state index is 12.8. The lowest BCUT2D eigenvalue weighted by Gasteiger charge is -2.41. The standard InChI is InChI=1S/C16H23FN2O2/c1-11-3-8-15(20)12(2)19(11)10-9-18-16(21)13-4-6-14(17)7-5-13/h4-7,11-12,15,20H,3,8-10H2,1-2H3,(H,18,21)/t11-,12+,15+/m1/s1. The Morgan fingerprint density at radius 2 is 2.00 bits per heavy atom. The molecule has 4 nitrogen and oxygen atoms in total. The normalized spacial score (nSPS) is 26.6. The smallest absolute Gasteiger partial charge is 0.251 e. The quantitative estimate of drug-likeness (QED) is 0.890. The molecular weight excluding hydrogens is 271 g/mol. The van der Waals surface area contributed by atoms with Crippen molar-refractivity contribution < 1.29 is 14.3 Å². The minimum atomic E-state index is -0.350. The van der Waals surface area contributed by atoms with Crippen LogP contribution in [0.15, 0.2) is 24.3 Å². The van der Waals surface area contributed by atoms with Gasteiger partial charge >= 0.3 is 0 Å². The number of halogens is 1. The Morgan fingerprint density at radius 1 is 1.33 bits per heavy atom. The van der Waals surface area contributed by atoms with Crippen LogP contribution in [0.4, 0.5) is 4.39 Å². The van der Waals surface area contributed by atoms with E-state index in [9.17, 15) is 14.3 Å². The third kappa shape index (κ3) is 4.02. The first-order chi connectivity index (χ1) is 9.99. The molecule has 0 bridgehead atoms. The second kappa shape index (κ2) is 7.00. The number of hydrogen-bond acceptors (Lipinski definition) is 3. The van der Waals surface area contributed by atoms with Crippen molar-refractivity contribution in [2.75, 3.05) is 13.1 Å². The molecule has 0 spiro atoms. The molecular formula is C16H23FN2O2. The molecule has 116 valence electrons. The first-order valence-electron chi connectivity index (χ1n) is 7.46. The second-order valence-electron chi connectivity index (χ2n) is 5.73. The van der Waals surface area contributed by atoms with E-state index in [1.54, 1.807) is 0 Å². The van der Waals surface area contributed by atoms with Crippen molar-refractivity contribution >= 4 is 5.91 Å². The molecule has 1 aliphatic rings. The van der Waals surface area contributed by atoms with E-state index >= 15 is 0 Å². The van der Waals surface area contributed by atoms with Gasteiger partial charge in [-0.15, -0.1) is 0 Å². The Kier molecular flexibility index (Phi) is 5.31. The molecule has 3 atom stereocenters. The SMILES string of the molecule is C[C@@H]1CC[C@H](O)[C@H](C)N1CCNC(=O)c1ccc(F)cc1. The molecule has 2 N–H and O–H groups in total. The molecule has 1 saturated heterocycles. The number of hydrogen-bond donors (Lipinski definition) is 2. The number of carbonyl (C=O) groups excluding carboxylic acids is 1. The Labute approximate surface area is 125 Å².